The van der Waals surface area contributed by atoms with Crippen LogP contribution >= 0.6 is 0 Å². The lowest BCUT2D eigenvalue weighted by atomic mass is 10.0. The molecule has 0 heterocycles. The zero-order valence-electron chi connectivity index (χ0n) is 36.7. The van der Waals surface area contributed by atoms with Gasteiger partial charge >= 0.3 is 17.9 Å². The summed E-state index contributed by atoms with van der Waals surface area (Å²) in [5.41, 5.74) is 0. The molecular weight excluding hydrogens is 673 g/mol. The predicted molar refractivity (Wildman–Crippen MR) is 229 cm³/mol. The van der Waals surface area contributed by atoms with Gasteiger partial charge in [-0.15, -0.1) is 0 Å². The zero-order valence-corrected chi connectivity index (χ0v) is 36.7. The molecule has 1 atom stereocenters. The molecule has 0 amide bonds. The number of hydrogen-bond acceptors (Lipinski definition) is 6. The summed E-state index contributed by atoms with van der Waals surface area (Å²) in [5.74, 6) is -0.0450. The van der Waals surface area contributed by atoms with Crippen LogP contribution in [0.3, 0.4) is 0 Å². The van der Waals surface area contributed by atoms with Crippen molar-refractivity contribution in [3.8, 4) is 0 Å². The standard InChI is InChI=1S/C48H92O6/c1-5-7-9-11-13-15-16-17-18-19-20-24-29-33-37-41-48(51)54-45(42-52-46(49)39-35-31-27-22-14-12-10-8-6-2)43-53-47(50)40-36-32-28-25-21-23-26-30-34-38-44(3)4/h44-45H,5-43H2,1-4H3/t45-/m1/s1. The van der Waals surface area contributed by atoms with Crippen LogP contribution in [0, 0.1) is 5.92 Å². The van der Waals surface area contributed by atoms with Gasteiger partial charge in [-0.05, 0) is 25.2 Å². The summed E-state index contributed by atoms with van der Waals surface area (Å²) in [6, 6.07) is 0. The summed E-state index contributed by atoms with van der Waals surface area (Å²) in [5, 5.41) is 0. The summed E-state index contributed by atoms with van der Waals surface area (Å²) >= 11 is 0. The fourth-order valence-electron chi connectivity index (χ4n) is 7.16. The second-order valence-corrected chi connectivity index (χ2v) is 16.9. The van der Waals surface area contributed by atoms with E-state index in [0.29, 0.717) is 19.3 Å². The minimum Gasteiger partial charge on any atom is -0.462 e. The maximum Gasteiger partial charge on any atom is 0.306 e. The lowest BCUT2D eigenvalue weighted by Crippen LogP contribution is -2.30. The van der Waals surface area contributed by atoms with E-state index in [1.54, 1.807) is 0 Å². The van der Waals surface area contributed by atoms with Crippen LogP contribution in [0.1, 0.15) is 265 Å². The molecule has 0 aromatic heterocycles. The molecule has 0 radical (unpaired) electrons. The molecule has 0 rings (SSSR count). The lowest BCUT2D eigenvalue weighted by molar-refractivity contribution is -0.167. The predicted octanol–water partition coefficient (Wildman–Crippen LogP) is 15.1. The Labute approximate surface area is 336 Å². The van der Waals surface area contributed by atoms with Crippen molar-refractivity contribution in [1.29, 1.82) is 0 Å². The minimum atomic E-state index is -0.759. The number of carbonyl (C=O) groups excluding carboxylic acids is 3. The summed E-state index contributed by atoms with van der Waals surface area (Å²) < 4.78 is 16.7. The number of ether oxygens (including phenoxy) is 3. The Hall–Kier alpha value is -1.59. The zero-order chi connectivity index (χ0) is 39.6. The van der Waals surface area contributed by atoms with Gasteiger partial charge in [0.2, 0.25) is 0 Å². The van der Waals surface area contributed by atoms with Crippen LogP contribution in [0.25, 0.3) is 0 Å². The highest BCUT2D eigenvalue weighted by atomic mass is 16.6. The van der Waals surface area contributed by atoms with Gasteiger partial charge in [-0.2, -0.15) is 0 Å². The largest absolute Gasteiger partial charge is 0.462 e. The van der Waals surface area contributed by atoms with E-state index in [0.717, 1.165) is 63.7 Å². The van der Waals surface area contributed by atoms with Crippen molar-refractivity contribution in [3.05, 3.63) is 0 Å². The molecule has 0 saturated heterocycles. The molecule has 0 spiro atoms. The van der Waals surface area contributed by atoms with Gasteiger partial charge in [0.1, 0.15) is 13.2 Å². The van der Waals surface area contributed by atoms with Gasteiger partial charge in [0.25, 0.3) is 0 Å². The van der Waals surface area contributed by atoms with E-state index in [9.17, 15) is 14.4 Å². The number of hydrogen-bond donors (Lipinski definition) is 0. The third-order valence-corrected chi connectivity index (χ3v) is 10.8. The Morgan fingerprint density at radius 1 is 0.352 bits per heavy atom. The molecule has 0 aliphatic rings. The molecular formula is C48H92O6. The fourth-order valence-corrected chi connectivity index (χ4v) is 7.16. The number of carbonyl (C=O) groups is 3. The molecule has 0 aromatic carbocycles. The molecule has 0 fully saturated rings. The molecule has 54 heavy (non-hydrogen) atoms. The van der Waals surface area contributed by atoms with Crippen molar-refractivity contribution in [2.45, 2.75) is 271 Å². The second-order valence-electron chi connectivity index (χ2n) is 16.9. The van der Waals surface area contributed by atoms with Crippen molar-refractivity contribution >= 4 is 17.9 Å². The Kier molecular flexibility index (Phi) is 41.3. The first-order valence-corrected chi connectivity index (χ1v) is 23.9. The summed E-state index contributed by atoms with van der Waals surface area (Å²) in [6.45, 7) is 8.97. The normalized spacial score (nSPS) is 11.9. The van der Waals surface area contributed by atoms with Crippen LogP contribution in [-0.2, 0) is 28.6 Å². The SMILES string of the molecule is CCCCCCCCCCCCCCCCCC(=O)O[C@H](COC(=O)CCCCCCCCCCC)COC(=O)CCCCCCCCCCCC(C)C. The van der Waals surface area contributed by atoms with E-state index >= 15 is 0 Å². The van der Waals surface area contributed by atoms with Crippen molar-refractivity contribution < 1.29 is 28.6 Å². The first-order chi connectivity index (χ1) is 26.4. The smallest absolute Gasteiger partial charge is 0.306 e. The van der Waals surface area contributed by atoms with Crippen molar-refractivity contribution in [2.75, 3.05) is 13.2 Å². The van der Waals surface area contributed by atoms with Gasteiger partial charge in [0.15, 0.2) is 6.10 Å². The first-order valence-electron chi connectivity index (χ1n) is 23.9. The highest BCUT2D eigenvalue weighted by molar-refractivity contribution is 5.71. The van der Waals surface area contributed by atoms with Crippen LogP contribution in [0.15, 0.2) is 0 Å². The summed E-state index contributed by atoms with van der Waals surface area (Å²) in [4.78, 5) is 37.7. The van der Waals surface area contributed by atoms with Gasteiger partial charge in [-0.25, -0.2) is 0 Å². The molecule has 320 valence electrons. The van der Waals surface area contributed by atoms with Crippen LogP contribution in [0.4, 0.5) is 0 Å². The average molecular weight is 765 g/mol. The first kappa shape index (κ1) is 52.4. The molecule has 6 nitrogen and oxygen atoms in total. The van der Waals surface area contributed by atoms with Gasteiger partial charge in [0.05, 0.1) is 0 Å². The second kappa shape index (κ2) is 42.6. The third kappa shape index (κ3) is 41.6. The monoisotopic (exact) mass is 765 g/mol. The Bertz CT molecular complexity index is 811. The summed E-state index contributed by atoms with van der Waals surface area (Å²) in [7, 11) is 0. The number of unbranched alkanes of at least 4 members (excludes halogenated alkanes) is 30. The van der Waals surface area contributed by atoms with E-state index in [1.165, 1.54) is 161 Å². The van der Waals surface area contributed by atoms with Gasteiger partial charge in [-0.3, -0.25) is 14.4 Å². The molecule has 6 heteroatoms. The Morgan fingerprint density at radius 2 is 0.611 bits per heavy atom. The molecule has 0 aromatic rings. The third-order valence-electron chi connectivity index (χ3n) is 10.8. The van der Waals surface area contributed by atoms with Gasteiger partial charge < -0.3 is 14.2 Å². The molecule has 0 unspecified atom stereocenters. The van der Waals surface area contributed by atoms with E-state index in [4.69, 9.17) is 14.2 Å². The highest BCUT2D eigenvalue weighted by Crippen LogP contribution is 2.16. The number of esters is 3. The molecule has 0 aliphatic carbocycles. The lowest BCUT2D eigenvalue weighted by Gasteiger charge is -2.18. The quantitative estimate of drug-likeness (QED) is 0.0349. The van der Waals surface area contributed by atoms with Crippen molar-refractivity contribution in [1.82, 2.24) is 0 Å². The Morgan fingerprint density at radius 3 is 0.907 bits per heavy atom. The Balaban J connectivity index is 4.29. The van der Waals surface area contributed by atoms with E-state index in [-0.39, 0.29) is 31.1 Å². The molecule has 0 aliphatic heterocycles. The van der Waals surface area contributed by atoms with Crippen LogP contribution in [0.2, 0.25) is 0 Å². The molecule has 0 N–H and O–H groups in total. The van der Waals surface area contributed by atoms with Crippen LogP contribution in [-0.4, -0.2) is 37.2 Å². The van der Waals surface area contributed by atoms with E-state index < -0.39 is 6.10 Å². The average Bonchev–Trinajstić information content (AvgIpc) is 3.15. The summed E-state index contributed by atoms with van der Waals surface area (Å²) in [6.07, 6.45) is 42.3. The molecule has 0 bridgehead atoms. The van der Waals surface area contributed by atoms with E-state index in [1.807, 2.05) is 0 Å². The maximum atomic E-state index is 12.7. The number of rotatable bonds is 43. The topological polar surface area (TPSA) is 78.9 Å². The fraction of sp³-hybridized carbons (Fsp3) is 0.938. The van der Waals surface area contributed by atoms with Gasteiger partial charge in [0, 0.05) is 19.3 Å². The van der Waals surface area contributed by atoms with Crippen LogP contribution < -0.4 is 0 Å². The van der Waals surface area contributed by atoms with E-state index in [2.05, 4.69) is 27.7 Å². The van der Waals surface area contributed by atoms with Crippen LogP contribution in [0.5, 0.6) is 0 Å². The maximum absolute atomic E-state index is 12.7. The van der Waals surface area contributed by atoms with Crippen molar-refractivity contribution in [3.63, 3.8) is 0 Å². The highest BCUT2D eigenvalue weighted by Gasteiger charge is 2.19. The minimum absolute atomic E-state index is 0.0639. The van der Waals surface area contributed by atoms with Gasteiger partial charge in [-0.1, -0.05) is 227 Å². The van der Waals surface area contributed by atoms with Crippen molar-refractivity contribution in [2.24, 2.45) is 5.92 Å². The molecule has 0 saturated carbocycles.